The minimum atomic E-state index is -0.382. The lowest BCUT2D eigenvalue weighted by Crippen LogP contribution is -2.44. The van der Waals surface area contributed by atoms with Gasteiger partial charge in [0, 0.05) is 26.2 Å². The maximum absolute atomic E-state index is 14.2. The van der Waals surface area contributed by atoms with E-state index in [1.807, 2.05) is 30.3 Å². The zero-order valence-electron chi connectivity index (χ0n) is 18.8. The van der Waals surface area contributed by atoms with Gasteiger partial charge in [-0.25, -0.2) is 9.37 Å². The summed E-state index contributed by atoms with van der Waals surface area (Å²) < 4.78 is 26.1. The number of para-hydroxylation sites is 1. The third kappa shape index (κ3) is 6.41. The largest absolute Gasteiger partial charge is 0.484 e. The first kappa shape index (κ1) is 25.4. The lowest BCUT2D eigenvalue weighted by atomic mass is 10.0. The van der Waals surface area contributed by atoms with E-state index < -0.39 is 0 Å². The molecule has 0 bridgehead atoms. The van der Waals surface area contributed by atoms with Crippen LogP contribution in [0.2, 0.25) is 0 Å². The third-order valence-corrected chi connectivity index (χ3v) is 6.59. The Morgan fingerprint density at radius 2 is 1.94 bits per heavy atom. The van der Waals surface area contributed by atoms with E-state index in [-0.39, 0.29) is 30.7 Å². The SMILES string of the molecule is CC(C)c1ccc(OCC(=O)N(CCN2CCOCC2)c2nc3c(F)cccc3s2)cc1.Cl. The summed E-state index contributed by atoms with van der Waals surface area (Å²) in [6.07, 6.45) is 0. The second-order valence-electron chi connectivity index (χ2n) is 8.09. The highest BCUT2D eigenvalue weighted by Gasteiger charge is 2.23. The van der Waals surface area contributed by atoms with Crippen LogP contribution in [-0.4, -0.2) is 61.8 Å². The molecule has 0 radical (unpaired) electrons. The van der Waals surface area contributed by atoms with Crippen molar-refractivity contribution in [2.75, 3.05) is 50.9 Å². The van der Waals surface area contributed by atoms with Gasteiger partial charge in [0.05, 0.1) is 17.9 Å². The summed E-state index contributed by atoms with van der Waals surface area (Å²) in [7, 11) is 0. The number of carbonyl (C=O) groups excluding carboxylic acids is 1. The van der Waals surface area contributed by atoms with Gasteiger partial charge < -0.3 is 9.47 Å². The zero-order valence-corrected chi connectivity index (χ0v) is 20.5. The minimum Gasteiger partial charge on any atom is -0.484 e. The van der Waals surface area contributed by atoms with E-state index in [4.69, 9.17) is 9.47 Å². The first-order valence-corrected chi connectivity index (χ1v) is 11.7. The highest BCUT2D eigenvalue weighted by molar-refractivity contribution is 7.22. The van der Waals surface area contributed by atoms with E-state index in [1.54, 1.807) is 11.0 Å². The van der Waals surface area contributed by atoms with Crippen molar-refractivity contribution in [1.82, 2.24) is 9.88 Å². The van der Waals surface area contributed by atoms with Gasteiger partial charge in [-0.1, -0.05) is 43.4 Å². The molecule has 4 rings (SSSR count). The Morgan fingerprint density at radius 1 is 1.21 bits per heavy atom. The van der Waals surface area contributed by atoms with Crippen molar-refractivity contribution >= 4 is 45.0 Å². The van der Waals surface area contributed by atoms with Crippen molar-refractivity contribution in [3.8, 4) is 5.75 Å². The molecule has 0 saturated carbocycles. The van der Waals surface area contributed by atoms with Crippen LogP contribution in [0, 0.1) is 5.82 Å². The molecule has 0 N–H and O–H groups in total. The van der Waals surface area contributed by atoms with Crippen molar-refractivity contribution in [2.24, 2.45) is 0 Å². The van der Waals surface area contributed by atoms with Crippen molar-refractivity contribution in [3.63, 3.8) is 0 Å². The summed E-state index contributed by atoms with van der Waals surface area (Å²) in [5.74, 6) is 0.491. The molecule has 1 aliphatic rings. The quantitative estimate of drug-likeness (QED) is 0.454. The van der Waals surface area contributed by atoms with Crippen LogP contribution in [0.4, 0.5) is 9.52 Å². The van der Waals surface area contributed by atoms with Crippen LogP contribution < -0.4 is 9.64 Å². The molecule has 1 aromatic heterocycles. The molecule has 33 heavy (non-hydrogen) atoms. The Bertz CT molecular complexity index is 1050. The van der Waals surface area contributed by atoms with Crippen LogP contribution in [0.25, 0.3) is 10.2 Å². The number of nitrogens with zero attached hydrogens (tertiary/aromatic N) is 3. The fourth-order valence-corrected chi connectivity index (χ4v) is 4.61. The van der Waals surface area contributed by atoms with Crippen LogP contribution in [0.5, 0.6) is 5.75 Å². The van der Waals surface area contributed by atoms with Crippen LogP contribution >= 0.6 is 23.7 Å². The highest BCUT2D eigenvalue weighted by Crippen LogP contribution is 2.30. The van der Waals surface area contributed by atoms with Crippen molar-refractivity contribution < 1.29 is 18.7 Å². The Labute approximate surface area is 203 Å². The van der Waals surface area contributed by atoms with Gasteiger partial charge in [0.25, 0.3) is 5.91 Å². The molecule has 0 atom stereocenters. The second-order valence-corrected chi connectivity index (χ2v) is 9.10. The van der Waals surface area contributed by atoms with Gasteiger partial charge in [-0.3, -0.25) is 14.6 Å². The number of rotatable bonds is 8. The number of carbonyl (C=O) groups is 1. The molecule has 1 aliphatic heterocycles. The maximum Gasteiger partial charge on any atom is 0.266 e. The molecule has 9 heteroatoms. The van der Waals surface area contributed by atoms with Gasteiger partial charge in [0.15, 0.2) is 11.7 Å². The number of halogens is 2. The number of hydrogen-bond acceptors (Lipinski definition) is 6. The topological polar surface area (TPSA) is 54.9 Å². The summed E-state index contributed by atoms with van der Waals surface area (Å²) in [6, 6.07) is 12.6. The number of hydrogen-bond donors (Lipinski definition) is 0. The molecule has 178 valence electrons. The molecule has 3 aromatic rings. The van der Waals surface area contributed by atoms with Gasteiger partial charge in [-0.05, 0) is 35.7 Å². The first-order valence-electron chi connectivity index (χ1n) is 10.9. The number of benzene rings is 2. The molecule has 2 heterocycles. The Kier molecular flexibility index (Phi) is 9.02. The molecule has 1 saturated heterocycles. The summed E-state index contributed by atoms with van der Waals surface area (Å²) in [4.78, 5) is 21.5. The van der Waals surface area contributed by atoms with E-state index in [9.17, 15) is 9.18 Å². The highest BCUT2D eigenvalue weighted by atomic mass is 35.5. The molecular weight excluding hydrogens is 465 g/mol. The standard InChI is InChI=1S/C24H28FN3O3S.ClH/c1-17(2)18-6-8-19(9-7-18)31-16-22(29)28(11-10-27-12-14-30-15-13-27)24-26-23-20(25)4-3-5-21(23)32-24;/h3-9,17H,10-16H2,1-2H3;1H. The Morgan fingerprint density at radius 3 is 2.61 bits per heavy atom. The van der Waals surface area contributed by atoms with E-state index >= 15 is 0 Å². The van der Waals surface area contributed by atoms with Crippen LogP contribution in [0.15, 0.2) is 42.5 Å². The number of amides is 1. The van der Waals surface area contributed by atoms with E-state index in [0.29, 0.717) is 48.6 Å². The molecule has 0 spiro atoms. The predicted octanol–water partition coefficient (Wildman–Crippen LogP) is 4.72. The average molecular weight is 494 g/mol. The molecule has 0 aliphatic carbocycles. The van der Waals surface area contributed by atoms with Gasteiger partial charge in [0.2, 0.25) is 0 Å². The number of aromatic nitrogens is 1. The molecule has 1 fully saturated rings. The van der Waals surface area contributed by atoms with Crippen molar-refractivity contribution in [3.05, 3.63) is 53.8 Å². The normalized spacial score (nSPS) is 14.3. The van der Waals surface area contributed by atoms with Crippen LogP contribution in [-0.2, 0) is 9.53 Å². The maximum atomic E-state index is 14.2. The number of thiazole rings is 1. The van der Waals surface area contributed by atoms with E-state index in [2.05, 4.69) is 23.7 Å². The number of anilines is 1. The van der Waals surface area contributed by atoms with Gasteiger partial charge in [-0.15, -0.1) is 12.4 Å². The monoisotopic (exact) mass is 493 g/mol. The summed E-state index contributed by atoms with van der Waals surface area (Å²) >= 11 is 1.32. The second kappa shape index (κ2) is 11.7. The molecule has 0 unspecified atom stereocenters. The summed E-state index contributed by atoms with van der Waals surface area (Å²) in [5.41, 5.74) is 1.51. The molecule has 6 nitrogen and oxygen atoms in total. The van der Waals surface area contributed by atoms with Crippen molar-refractivity contribution in [2.45, 2.75) is 19.8 Å². The predicted molar refractivity (Wildman–Crippen MR) is 132 cm³/mol. The van der Waals surface area contributed by atoms with E-state index in [1.165, 1.54) is 23.0 Å². The molecular formula is C24H29ClFN3O3S. The fraction of sp³-hybridized carbons (Fsp3) is 0.417. The van der Waals surface area contributed by atoms with Gasteiger partial charge >= 0.3 is 0 Å². The van der Waals surface area contributed by atoms with Gasteiger partial charge in [0.1, 0.15) is 17.1 Å². The van der Waals surface area contributed by atoms with Gasteiger partial charge in [-0.2, -0.15) is 0 Å². The van der Waals surface area contributed by atoms with E-state index in [0.717, 1.165) is 17.8 Å². The zero-order chi connectivity index (χ0) is 22.5. The lowest BCUT2D eigenvalue weighted by molar-refractivity contribution is -0.120. The average Bonchev–Trinajstić information content (AvgIpc) is 3.24. The van der Waals surface area contributed by atoms with Crippen LogP contribution in [0.1, 0.15) is 25.3 Å². The third-order valence-electron chi connectivity index (χ3n) is 5.54. The molecule has 2 aromatic carbocycles. The number of fused-ring (bicyclic) bond motifs is 1. The summed E-state index contributed by atoms with van der Waals surface area (Å²) in [5, 5.41) is 0.488. The first-order chi connectivity index (χ1) is 15.5. The Hall–Kier alpha value is -2.26. The number of ether oxygens (including phenoxy) is 2. The van der Waals surface area contributed by atoms with Crippen molar-refractivity contribution in [1.29, 1.82) is 0 Å². The minimum absolute atomic E-state index is 0. The lowest BCUT2D eigenvalue weighted by Gasteiger charge is -2.29. The summed E-state index contributed by atoms with van der Waals surface area (Å²) in [6.45, 7) is 8.34. The van der Waals surface area contributed by atoms with Crippen LogP contribution in [0.3, 0.4) is 0 Å². The molecule has 1 amide bonds. The fourth-order valence-electron chi connectivity index (χ4n) is 3.58. The Balaban J connectivity index is 0.00000306. The smallest absolute Gasteiger partial charge is 0.266 e. The number of morpholine rings is 1.